The van der Waals surface area contributed by atoms with Crippen LogP contribution in [-0.4, -0.2) is 70.5 Å². The number of anilines is 1. The molecule has 0 N–H and O–H groups in total. The first-order chi connectivity index (χ1) is 20.1. The van der Waals surface area contributed by atoms with E-state index in [9.17, 15) is 17.6 Å². The summed E-state index contributed by atoms with van der Waals surface area (Å²) < 4.78 is 77.2. The lowest BCUT2D eigenvalue weighted by Gasteiger charge is -2.34. The van der Waals surface area contributed by atoms with Gasteiger partial charge in [-0.1, -0.05) is 17.7 Å². The molecule has 2 aromatic heterocycles. The van der Waals surface area contributed by atoms with Crippen molar-refractivity contribution in [2.75, 3.05) is 37.7 Å². The maximum atomic E-state index is 16.4. The Bertz CT molecular complexity index is 1500. The van der Waals surface area contributed by atoms with Crippen LogP contribution in [0.5, 0.6) is 6.01 Å². The highest BCUT2D eigenvalue weighted by Gasteiger charge is 2.49. The van der Waals surface area contributed by atoms with Gasteiger partial charge in [0.2, 0.25) is 0 Å². The number of fused-ring (bicyclic) bond motifs is 4. The van der Waals surface area contributed by atoms with Crippen LogP contribution < -0.4 is 9.64 Å². The highest BCUT2D eigenvalue weighted by Crippen LogP contribution is 2.43. The number of piperidine rings is 1. The second-order valence-corrected chi connectivity index (χ2v) is 12.8. The van der Waals surface area contributed by atoms with Gasteiger partial charge in [-0.15, -0.1) is 0 Å². The van der Waals surface area contributed by atoms with Gasteiger partial charge in [0.1, 0.15) is 29.8 Å². The number of ether oxygens (including phenoxy) is 1. The lowest BCUT2D eigenvalue weighted by molar-refractivity contribution is -0.127. The molecule has 6 nitrogen and oxygen atoms in total. The molecule has 1 saturated carbocycles. The molecular weight excluding hydrogens is 553 g/mol. The Kier molecular flexibility index (Phi) is 6.79. The van der Waals surface area contributed by atoms with Gasteiger partial charge in [-0.25, -0.2) is 8.78 Å². The summed E-state index contributed by atoms with van der Waals surface area (Å²) >= 11 is 0. The highest BCUT2D eigenvalue weighted by atomic mass is 19.4. The molecule has 5 heterocycles. The number of aromatic nitrogens is 3. The van der Waals surface area contributed by atoms with Crippen molar-refractivity contribution in [2.45, 2.75) is 69.8 Å². The zero-order valence-electron chi connectivity index (χ0n) is 23.6. The third-order valence-electron chi connectivity index (χ3n) is 9.69. The Balaban J connectivity index is 1.32. The number of hydrogen-bond donors (Lipinski definition) is 0. The molecule has 0 radical (unpaired) electrons. The molecule has 1 aliphatic carbocycles. The Labute approximate surface area is 241 Å². The normalized spacial score (nSPS) is 27.7. The monoisotopic (exact) mass is 587 g/mol. The van der Waals surface area contributed by atoms with Crippen LogP contribution in [0.25, 0.3) is 22.2 Å². The minimum absolute atomic E-state index is 0.00485. The van der Waals surface area contributed by atoms with Gasteiger partial charge in [0.15, 0.2) is 5.82 Å². The maximum Gasteiger partial charge on any atom is 0.393 e. The molecule has 3 saturated heterocycles. The van der Waals surface area contributed by atoms with E-state index >= 15 is 4.39 Å². The summed E-state index contributed by atoms with van der Waals surface area (Å²) in [5.74, 6) is 0.775. The quantitative estimate of drug-likeness (QED) is 0.310. The van der Waals surface area contributed by atoms with E-state index in [4.69, 9.17) is 9.72 Å². The van der Waals surface area contributed by atoms with E-state index in [1.165, 1.54) is 18.3 Å². The van der Waals surface area contributed by atoms with E-state index in [2.05, 4.69) is 19.8 Å². The first-order valence-electron chi connectivity index (χ1n) is 14.9. The van der Waals surface area contributed by atoms with Gasteiger partial charge in [0.25, 0.3) is 0 Å². The summed E-state index contributed by atoms with van der Waals surface area (Å²) in [4.78, 5) is 17.9. The molecule has 3 aliphatic heterocycles. The van der Waals surface area contributed by atoms with Crippen molar-refractivity contribution in [3.05, 3.63) is 41.3 Å². The summed E-state index contributed by atoms with van der Waals surface area (Å²) in [6.45, 7) is 4.68. The van der Waals surface area contributed by atoms with Crippen LogP contribution >= 0.6 is 0 Å². The summed E-state index contributed by atoms with van der Waals surface area (Å²) in [5.41, 5.74) is 0.0734. The lowest BCUT2D eigenvalue weighted by atomic mass is 9.95. The van der Waals surface area contributed by atoms with E-state index in [1.54, 1.807) is 13.0 Å². The van der Waals surface area contributed by atoms with Crippen molar-refractivity contribution in [3.8, 4) is 17.3 Å². The third-order valence-corrected chi connectivity index (χ3v) is 9.69. The van der Waals surface area contributed by atoms with Gasteiger partial charge in [-0.2, -0.15) is 23.1 Å². The van der Waals surface area contributed by atoms with Gasteiger partial charge in [0.05, 0.1) is 17.3 Å². The zero-order chi connectivity index (χ0) is 29.2. The number of halogens is 5. The Hall–Kier alpha value is -3.08. The number of pyridine rings is 1. The average molecular weight is 588 g/mol. The first kappa shape index (κ1) is 27.7. The van der Waals surface area contributed by atoms with Crippen molar-refractivity contribution in [1.82, 2.24) is 19.9 Å². The van der Waals surface area contributed by atoms with Gasteiger partial charge < -0.3 is 9.64 Å². The van der Waals surface area contributed by atoms with Crippen LogP contribution in [0.15, 0.2) is 24.4 Å². The van der Waals surface area contributed by atoms with Gasteiger partial charge in [-0.05, 0) is 69.0 Å². The standard InChI is InChI=1S/C31H34F5N5O/c1-18-3-6-21(11-31(34,35)36)23(9-18)26-25(33)27-24(13-37-26)28(40-14-19-4-5-20(10-19)15-40)39-29(38-27)42-17-30-7-2-8-41(30)16-22(32)12-30/h3,6,9,13,19-20,22H,2,4-5,7-8,10-12,14-17H2,1H3/t19?,20?,22-,30?/m1/s1. The van der Waals surface area contributed by atoms with Gasteiger partial charge >= 0.3 is 12.2 Å². The van der Waals surface area contributed by atoms with Crippen LogP contribution in [-0.2, 0) is 6.42 Å². The minimum Gasteiger partial charge on any atom is -0.461 e. The molecule has 3 aromatic rings. The molecule has 3 unspecified atom stereocenters. The molecule has 1 aromatic carbocycles. The summed E-state index contributed by atoms with van der Waals surface area (Å²) in [7, 11) is 0. The Morgan fingerprint density at radius 3 is 2.64 bits per heavy atom. The summed E-state index contributed by atoms with van der Waals surface area (Å²) in [6.07, 6.45) is 0.479. The van der Waals surface area contributed by atoms with E-state index in [0.717, 1.165) is 51.7 Å². The zero-order valence-corrected chi connectivity index (χ0v) is 23.6. The summed E-state index contributed by atoms with van der Waals surface area (Å²) in [5, 5.41) is 0.403. The molecule has 2 bridgehead atoms. The molecule has 0 spiro atoms. The second kappa shape index (κ2) is 10.3. The van der Waals surface area contributed by atoms with E-state index in [0.29, 0.717) is 41.6 Å². The third kappa shape index (κ3) is 5.07. The molecule has 4 aliphatic rings. The predicted molar refractivity (Wildman–Crippen MR) is 149 cm³/mol. The molecule has 4 atom stereocenters. The fourth-order valence-electron chi connectivity index (χ4n) is 7.82. The smallest absolute Gasteiger partial charge is 0.393 e. The lowest BCUT2D eigenvalue weighted by Crippen LogP contribution is -2.43. The van der Waals surface area contributed by atoms with Crippen LogP contribution in [0.4, 0.5) is 27.8 Å². The number of nitrogens with zero attached hydrogens (tertiary/aromatic N) is 5. The van der Waals surface area contributed by atoms with Crippen LogP contribution in [0, 0.1) is 24.6 Å². The number of alkyl halides is 4. The van der Waals surface area contributed by atoms with E-state index < -0.39 is 30.1 Å². The second-order valence-electron chi connectivity index (χ2n) is 12.8. The van der Waals surface area contributed by atoms with Crippen molar-refractivity contribution < 1.29 is 26.7 Å². The average Bonchev–Trinajstić information content (AvgIpc) is 3.58. The van der Waals surface area contributed by atoms with Crippen molar-refractivity contribution in [1.29, 1.82) is 0 Å². The number of benzene rings is 1. The Morgan fingerprint density at radius 1 is 1.10 bits per heavy atom. The molecule has 4 fully saturated rings. The first-order valence-corrected chi connectivity index (χ1v) is 14.9. The minimum atomic E-state index is -4.46. The van der Waals surface area contributed by atoms with E-state index in [-0.39, 0.29) is 35.0 Å². The summed E-state index contributed by atoms with van der Waals surface area (Å²) in [6, 6.07) is 4.48. The van der Waals surface area contributed by atoms with Crippen molar-refractivity contribution in [3.63, 3.8) is 0 Å². The molecule has 11 heteroatoms. The van der Waals surface area contributed by atoms with Gasteiger partial charge in [0, 0.05) is 37.8 Å². The number of rotatable bonds is 6. The topological polar surface area (TPSA) is 54.4 Å². The maximum absolute atomic E-state index is 16.4. The van der Waals surface area contributed by atoms with Crippen molar-refractivity contribution >= 4 is 16.7 Å². The fourth-order valence-corrected chi connectivity index (χ4v) is 7.82. The SMILES string of the molecule is Cc1ccc(CC(F)(F)F)c(-c2ncc3c(N4CC5CCC(C5)C4)nc(OCC45CCCN4C[C@H](F)C5)nc3c2F)c1. The molecule has 0 amide bonds. The number of hydrogen-bond acceptors (Lipinski definition) is 6. The molecule has 224 valence electrons. The largest absolute Gasteiger partial charge is 0.461 e. The Morgan fingerprint density at radius 2 is 1.88 bits per heavy atom. The van der Waals surface area contributed by atoms with Crippen LogP contribution in [0.2, 0.25) is 0 Å². The van der Waals surface area contributed by atoms with Crippen LogP contribution in [0.1, 0.15) is 49.7 Å². The fraction of sp³-hybridized carbons (Fsp3) is 0.581. The van der Waals surface area contributed by atoms with Crippen molar-refractivity contribution in [2.24, 2.45) is 11.8 Å². The molecule has 42 heavy (non-hydrogen) atoms. The molecule has 7 rings (SSSR count). The molecular formula is C31H34F5N5O. The predicted octanol–water partition coefficient (Wildman–Crippen LogP) is 6.44. The van der Waals surface area contributed by atoms with E-state index in [1.807, 2.05) is 0 Å². The van der Waals surface area contributed by atoms with Gasteiger partial charge in [-0.3, -0.25) is 9.88 Å². The number of aryl methyl sites for hydroxylation is 1. The highest BCUT2D eigenvalue weighted by molar-refractivity contribution is 5.92. The van der Waals surface area contributed by atoms with Crippen LogP contribution in [0.3, 0.4) is 0 Å².